The van der Waals surface area contributed by atoms with E-state index in [1.54, 1.807) is 19.1 Å². The van der Waals surface area contributed by atoms with Gasteiger partial charge in [0.2, 0.25) is 0 Å². The smallest absolute Gasteiger partial charge is 0.180 e. The second kappa shape index (κ2) is 6.94. The molecular formula is C17H23N3O3S. The summed E-state index contributed by atoms with van der Waals surface area (Å²) in [7, 11) is -3.25. The zero-order chi connectivity index (χ0) is 17.2. The van der Waals surface area contributed by atoms with Gasteiger partial charge in [0.1, 0.15) is 0 Å². The molecule has 1 aliphatic heterocycles. The van der Waals surface area contributed by atoms with Crippen molar-refractivity contribution in [2.45, 2.75) is 31.4 Å². The van der Waals surface area contributed by atoms with E-state index in [-0.39, 0.29) is 11.9 Å². The van der Waals surface area contributed by atoms with Crippen molar-refractivity contribution in [2.24, 2.45) is 0 Å². The SMILES string of the molecule is CCS(=O)(=O)c1ccccc1N1CCO[C@@H](Cn2cc(C)cn2)C1. The van der Waals surface area contributed by atoms with Crippen LogP contribution in [0.3, 0.4) is 0 Å². The van der Waals surface area contributed by atoms with Crippen LogP contribution in [0.5, 0.6) is 0 Å². The first-order valence-corrected chi connectivity index (χ1v) is 9.82. The molecule has 3 rings (SSSR count). The molecule has 2 heterocycles. The van der Waals surface area contributed by atoms with Crippen LogP contribution in [0.2, 0.25) is 0 Å². The molecule has 0 spiro atoms. The fourth-order valence-corrected chi connectivity index (χ4v) is 4.07. The molecule has 24 heavy (non-hydrogen) atoms. The Morgan fingerprint density at radius 3 is 2.83 bits per heavy atom. The summed E-state index contributed by atoms with van der Waals surface area (Å²) in [6.07, 6.45) is 3.79. The molecule has 0 saturated carbocycles. The highest BCUT2D eigenvalue weighted by atomic mass is 32.2. The van der Waals surface area contributed by atoms with Crippen molar-refractivity contribution in [1.29, 1.82) is 0 Å². The molecule has 1 fully saturated rings. The van der Waals surface area contributed by atoms with Gasteiger partial charge in [-0.05, 0) is 24.6 Å². The molecule has 1 saturated heterocycles. The molecule has 1 atom stereocenters. The van der Waals surface area contributed by atoms with E-state index in [1.165, 1.54) is 0 Å². The summed E-state index contributed by atoms with van der Waals surface area (Å²) < 4.78 is 32.5. The van der Waals surface area contributed by atoms with Crippen molar-refractivity contribution >= 4 is 15.5 Å². The van der Waals surface area contributed by atoms with Gasteiger partial charge in [0.15, 0.2) is 9.84 Å². The lowest BCUT2D eigenvalue weighted by Gasteiger charge is -2.35. The fraction of sp³-hybridized carbons (Fsp3) is 0.471. The molecule has 0 radical (unpaired) electrons. The Morgan fingerprint density at radius 2 is 2.12 bits per heavy atom. The van der Waals surface area contributed by atoms with E-state index in [9.17, 15) is 8.42 Å². The molecule has 130 valence electrons. The highest BCUT2D eigenvalue weighted by molar-refractivity contribution is 7.91. The number of sulfone groups is 1. The predicted molar refractivity (Wildman–Crippen MR) is 93.1 cm³/mol. The minimum Gasteiger partial charge on any atom is -0.373 e. The van der Waals surface area contributed by atoms with Crippen molar-refractivity contribution in [3.8, 4) is 0 Å². The lowest BCUT2D eigenvalue weighted by atomic mass is 10.2. The first-order chi connectivity index (χ1) is 11.5. The average Bonchev–Trinajstić information content (AvgIpc) is 3.00. The van der Waals surface area contributed by atoms with Crippen LogP contribution in [-0.4, -0.2) is 49.8 Å². The summed E-state index contributed by atoms with van der Waals surface area (Å²) in [6, 6.07) is 7.22. The number of para-hydroxylation sites is 1. The normalized spacial score (nSPS) is 18.8. The Kier molecular flexibility index (Phi) is 4.91. The molecule has 0 N–H and O–H groups in total. The average molecular weight is 349 g/mol. The first kappa shape index (κ1) is 17.0. The first-order valence-electron chi connectivity index (χ1n) is 8.17. The number of morpholine rings is 1. The number of aromatic nitrogens is 2. The maximum absolute atomic E-state index is 12.4. The van der Waals surface area contributed by atoms with Gasteiger partial charge in [-0.25, -0.2) is 8.42 Å². The number of hydrogen-bond donors (Lipinski definition) is 0. The van der Waals surface area contributed by atoms with Crippen molar-refractivity contribution < 1.29 is 13.2 Å². The topological polar surface area (TPSA) is 64.4 Å². The molecule has 0 bridgehead atoms. The summed E-state index contributed by atoms with van der Waals surface area (Å²) in [4.78, 5) is 2.51. The number of aryl methyl sites for hydroxylation is 1. The molecular weight excluding hydrogens is 326 g/mol. The Hall–Kier alpha value is -1.86. The maximum atomic E-state index is 12.4. The largest absolute Gasteiger partial charge is 0.373 e. The third-order valence-electron chi connectivity index (χ3n) is 4.21. The molecule has 0 amide bonds. The lowest BCUT2D eigenvalue weighted by Crippen LogP contribution is -2.44. The van der Waals surface area contributed by atoms with Crippen LogP contribution >= 0.6 is 0 Å². The van der Waals surface area contributed by atoms with Crippen molar-refractivity contribution in [3.05, 3.63) is 42.2 Å². The van der Waals surface area contributed by atoms with Gasteiger partial charge in [-0.1, -0.05) is 19.1 Å². The van der Waals surface area contributed by atoms with Gasteiger partial charge in [-0.3, -0.25) is 4.68 Å². The van der Waals surface area contributed by atoms with E-state index >= 15 is 0 Å². The van der Waals surface area contributed by atoms with E-state index < -0.39 is 9.84 Å². The third kappa shape index (κ3) is 3.62. The summed E-state index contributed by atoms with van der Waals surface area (Å²) in [5.74, 6) is 0.102. The lowest BCUT2D eigenvalue weighted by molar-refractivity contribution is 0.0272. The summed E-state index contributed by atoms with van der Waals surface area (Å²) in [6.45, 7) is 6.25. The van der Waals surface area contributed by atoms with Crippen LogP contribution in [0, 0.1) is 6.92 Å². The minimum absolute atomic E-state index is 0.0181. The number of rotatable bonds is 5. The van der Waals surface area contributed by atoms with E-state index in [2.05, 4.69) is 10.00 Å². The number of ether oxygens (including phenoxy) is 1. The maximum Gasteiger partial charge on any atom is 0.180 e. The number of benzene rings is 1. The van der Waals surface area contributed by atoms with Gasteiger partial charge in [0, 0.05) is 19.3 Å². The quantitative estimate of drug-likeness (QED) is 0.825. The van der Waals surface area contributed by atoms with Crippen LogP contribution in [0.25, 0.3) is 0 Å². The summed E-state index contributed by atoms with van der Waals surface area (Å²) >= 11 is 0. The monoisotopic (exact) mass is 349 g/mol. The van der Waals surface area contributed by atoms with Crippen LogP contribution in [0.15, 0.2) is 41.6 Å². The molecule has 7 heteroatoms. The Labute approximate surface area is 143 Å². The van der Waals surface area contributed by atoms with E-state index in [1.807, 2.05) is 36.1 Å². The third-order valence-corrected chi connectivity index (χ3v) is 5.99. The fourth-order valence-electron chi connectivity index (χ4n) is 2.96. The van der Waals surface area contributed by atoms with Gasteiger partial charge in [-0.2, -0.15) is 5.10 Å². The molecule has 1 aromatic carbocycles. The second-order valence-corrected chi connectivity index (χ2v) is 8.30. The van der Waals surface area contributed by atoms with E-state index in [0.29, 0.717) is 31.1 Å². The number of nitrogens with zero attached hydrogens (tertiary/aromatic N) is 3. The second-order valence-electron chi connectivity index (χ2n) is 6.05. The van der Waals surface area contributed by atoms with Gasteiger partial charge in [0.25, 0.3) is 0 Å². The molecule has 2 aromatic rings. The van der Waals surface area contributed by atoms with Crippen LogP contribution in [0.4, 0.5) is 5.69 Å². The molecule has 1 aromatic heterocycles. The highest BCUT2D eigenvalue weighted by Gasteiger charge is 2.26. The highest BCUT2D eigenvalue weighted by Crippen LogP contribution is 2.27. The molecule has 0 unspecified atom stereocenters. The minimum atomic E-state index is -3.25. The van der Waals surface area contributed by atoms with Crippen LogP contribution in [-0.2, 0) is 21.1 Å². The number of anilines is 1. The van der Waals surface area contributed by atoms with Crippen molar-refractivity contribution in [2.75, 3.05) is 30.3 Å². The number of hydrogen-bond acceptors (Lipinski definition) is 5. The van der Waals surface area contributed by atoms with Gasteiger partial charge in [0.05, 0.1) is 41.8 Å². The van der Waals surface area contributed by atoms with E-state index in [4.69, 9.17) is 4.74 Å². The molecule has 1 aliphatic rings. The van der Waals surface area contributed by atoms with Gasteiger partial charge < -0.3 is 9.64 Å². The van der Waals surface area contributed by atoms with Crippen LogP contribution < -0.4 is 4.90 Å². The van der Waals surface area contributed by atoms with E-state index in [0.717, 1.165) is 11.3 Å². The molecule has 6 nitrogen and oxygen atoms in total. The molecule has 0 aliphatic carbocycles. The van der Waals surface area contributed by atoms with Gasteiger partial charge >= 0.3 is 0 Å². The van der Waals surface area contributed by atoms with Crippen molar-refractivity contribution in [3.63, 3.8) is 0 Å². The van der Waals surface area contributed by atoms with Crippen molar-refractivity contribution in [1.82, 2.24) is 9.78 Å². The Bertz CT molecular complexity index is 801. The van der Waals surface area contributed by atoms with Gasteiger partial charge in [-0.15, -0.1) is 0 Å². The zero-order valence-electron chi connectivity index (χ0n) is 14.1. The summed E-state index contributed by atoms with van der Waals surface area (Å²) in [5, 5.41) is 4.30. The van der Waals surface area contributed by atoms with Crippen LogP contribution in [0.1, 0.15) is 12.5 Å². The zero-order valence-corrected chi connectivity index (χ0v) is 14.9. The Balaban J connectivity index is 1.80. The predicted octanol–water partition coefficient (Wildman–Crippen LogP) is 1.89. The standard InChI is InChI=1S/C17H23N3O3S/c1-3-24(21,22)17-7-5-4-6-16(17)19-8-9-23-15(12-19)13-20-11-14(2)10-18-20/h4-7,10-11,15H,3,8-9,12-13H2,1-2H3/t15-/m1/s1. The summed E-state index contributed by atoms with van der Waals surface area (Å²) in [5.41, 5.74) is 1.88. The Morgan fingerprint density at radius 1 is 1.33 bits per heavy atom.